The molecule has 0 aromatic carbocycles. The lowest BCUT2D eigenvalue weighted by Gasteiger charge is -2.05. The number of hydrazone groups is 1. The summed E-state index contributed by atoms with van der Waals surface area (Å²) in [6.45, 7) is 2.20. The van der Waals surface area contributed by atoms with Crippen LogP contribution in [0.15, 0.2) is 5.10 Å². The van der Waals surface area contributed by atoms with E-state index in [1.807, 2.05) is 0 Å². The molecule has 0 aromatic rings. The van der Waals surface area contributed by atoms with Crippen molar-refractivity contribution in [3.8, 4) is 0 Å². The molecule has 5 nitrogen and oxygen atoms in total. The van der Waals surface area contributed by atoms with Crippen LogP contribution in [0, 0.1) is 0 Å². The summed E-state index contributed by atoms with van der Waals surface area (Å²) < 4.78 is 0. The first-order chi connectivity index (χ1) is 8.72. The van der Waals surface area contributed by atoms with Crippen molar-refractivity contribution in [3.05, 3.63) is 0 Å². The van der Waals surface area contributed by atoms with Crippen molar-refractivity contribution in [2.75, 3.05) is 0 Å². The first-order valence-electron chi connectivity index (χ1n) is 6.82. The lowest BCUT2D eigenvalue weighted by Crippen LogP contribution is -2.20. The van der Waals surface area contributed by atoms with Gasteiger partial charge in [-0.1, -0.05) is 68.6 Å². The average Bonchev–Trinajstić information content (AvgIpc) is 2.36. The van der Waals surface area contributed by atoms with Crippen LogP contribution in [0.3, 0.4) is 0 Å². The fourth-order valence-electron chi connectivity index (χ4n) is 1.78. The molecule has 0 aliphatic heterocycles. The molecule has 0 atom stereocenters. The van der Waals surface area contributed by atoms with Crippen molar-refractivity contribution in [1.82, 2.24) is 5.17 Å². The van der Waals surface area contributed by atoms with E-state index >= 15 is 0 Å². The number of hydrogen-bond acceptors (Lipinski definition) is 4. The van der Waals surface area contributed by atoms with E-state index in [1.165, 1.54) is 38.5 Å². The zero-order valence-electron chi connectivity index (χ0n) is 11.2. The number of amides is 1. The topological polar surface area (TPSA) is 70.0 Å². The Labute approximate surface area is 109 Å². The van der Waals surface area contributed by atoms with Crippen LogP contribution >= 0.6 is 0 Å². The van der Waals surface area contributed by atoms with E-state index in [0.29, 0.717) is 0 Å². The first-order valence-corrected chi connectivity index (χ1v) is 6.82. The van der Waals surface area contributed by atoms with Crippen molar-refractivity contribution in [3.63, 3.8) is 0 Å². The predicted molar refractivity (Wildman–Crippen MR) is 68.6 cm³/mol. The summed E-state index contributed by atoms with van der Waals surface area (Å²) in [5, 5.41) is 11.8. The largest absolute Gasteiger partial charge is 0.270 e. The van der Waals surface area contributed by atoms with Crippen LogP contribution in [0.2, 0.25) is 0 Å². The third kappa shape index (κ3) is 10.00. The van der Waals surface area contributed by atoms with E-state index in [2.05, 4.69) is 12.0 Å². The van der Waals surface area contributed by atoms with Gasteiger partial charge >= 0.3 is 0 Å². The van der Waals surface area contributed by atoms with E-state index in [1.54, 1.807) is 0 Å². The molecule has 0 aliphatic carbocycles. The van der Waals surface area contributed by atoms with E-state index < -0.39 is 5.91 Å². The fourth-order valence-corrected chi connectivity index (χ4v) is 1.78. The second kappa shape index (κ2) is 12.3. The minimum absolute atomic E-state index is 0.0672. The highest BCUT2D eigenvalue weighted by atomic mass is 16.5. The highest BCUT2D eigenvalue weighted by Gasteiger charge is 2.08. The van der Waals surface area contributed by atoms with Gasteiger partial charge < -0.3 is 0 Å². The highest BCUT2D eigenvalue weighted by Crippen LogP contribution is 2.10. The Balaban J connectivity index is 3.30. The molecule has 0 fully saturated rings. The normalized spacial score (nSPS) is 9.89. The van der Waals surface area contributed by atoms with Crippen molar-refractivity contribution < 1.29 is 14.8 Å². The van der Waals surface area contributed by atoms with Crippen molar-refractivity contribution in [2.24, 2.45) is 5.10 Å². The molecule has 104 valence electrons. The van der Waals surface area contributed by atoms with Gasteiger partial charge in [0.25, 0.3) is 12.0 Å². The number of rotatable bonds is 11. The molecule has 5 heteroatoms. The summed E-state index contributed by atoms with van der Waals surface area (Å²) in [5.74, 6) is -0.554. The third-order valence-corrected chi connectivity index (χ3v) is 2.85. The van der Waals surface area contributed by atoms with Gasteiger partial charge in [0.15, 0.2) is 0 Å². The Bertz CT molecular complexity index is 263. The van der Waals surface area contributed by atoms with Crippen LogP contribution in [-0.2, 0) is 9.59 Å². The Morgan fingerprint density at radius 2 is 1.56 bits per heavy atom. The smallest absolute Gasteiger partial charge is 0.269 e. The number of carbonyl (C=O) groups is 1. The Morgan fingerprint density at radius 3 is 2.06 bits per heavy atom. The van der Waals surface area contributed by atoms with Crippen molar-refractivity contribution >= 4 is 12.0 Å². The molecular weight excluding hydrogens is 232 g/mol. The maximum atomic E-state index is 11.1. The van der Waals surface area contributed by atoms with E-state index in [-0.39, 0.29) is 11.6 Å². The van der Waals surface area contributed by atoms with Gasteiger partial charge in [0.1, 0.15) is 0 Å². The molecule has 0 saturated carbocycles. The number of unbranched alkanes of at least 4 members (excludes halogenated alkanes) is 8. The molecule has 0 saturated heterocycles. The van der Waals surface area contributed by atoms with Gasteiger partial charge in [0, 0.05) is 6.42 Å². The van der Waals surface area contributed by atoms with E-state index in [0.717, 1.165) is 25.3 Å². The van der Waals surface area contributed by atoms with Crippen LogP contribution in [0.1, 0.15) is 71.1 Å². The van der Waals surface area contributed by atoms with Crippen LogP contribution in [0.5, 0.6) is 0 Å². The average molecular weight is 256 g/mol. The molecule has 1 N–H and O–H groups in total. The Morgan fingerprint density at radius 1 is 1.06 bits per heavy atom. The molecule has 0 aliphatic rings. The van der Waals surface area contributed by atoms with Crippen LogP contribution in [0.25, 0.3) is 0 Å². The number of nitrogens with zero attached hydrogens (tertiary/aromatic N) is 2. The van der Waals surface area contributed by atoms with Gasteiger partial charge in [-0.2, -0.15) is 0 Å². The quantitative estimate of drug-likeness (QED) is 0.202. The maximum absolute atomic E-state index is 11.1. The minimum atomic E-state index is -0.554. The maximum Gasteiger partial charge on any atom is 0.269 e. The second-order valence-corrected chi connectivity index (χ2v) is 4.45. The molecule has 1 amide bonds. The summed E-state index contributed by atoms with van der Waals surface area (Å²) in [6, 6.07) is 0. The monoisotopic (exact) mass is 256 g/mol. The first kappa shape index (κ1) is 16.8. The number of isocyanates is 1. The molecule has 0 rings (SSSR count). The summed E-state index contributed by atoms with van der Waals surface area (Å²) >= 11 is 0. The van der Waals surface area contributed by atoms with Crippen molar-refractivity contribution in [2.45, 2.75) is 71.1 Å². The van der Waals surface area contributed by atoms with Gasteiger partial charge in [0.05, 0.1) is 0 Å². The van der Waals surface area contributed by atoms with Crippen molar-refractivity contribution in [1.29, 1.82) is 0 Å². The summed E-state index contributed by atoms with van der Waals surface area (Å²) in [6.07, 6.45) is 11.8. The zero-order valence-corrected chi connectivity index (χ0v) is 11.2. The molecule has 0 spiro atoms. The molecular formula is C13H24N2O3. The number of hydroxylamine groups is 1. The molecule has 0 unspecified atom stereocenters. The van der Waals surface area contributed by atoms with E-state index in [9.17, 15) is 9.59 Å². The lowest BCUT2D eigenvalue weighted by molar-refractivity contribution is -0.165. The second-order valence-electron chi connectivity index (χ2n) is 4.45. The summed E-state index contributed by atoms with van der Waals surface area (Å²) in [4.78, 5) is 20.9. The number of hydrogen-bond donors (Lipinski definition) is 1. The van der Waals surface area contributed by atoms with Crippen LogP contribution < -0.4 is 0 Å². The van der Waals surface area contributed by atoms with Gasteiger partial charge in [-0.15, -0.1) is 0 Å². The number of carbonyl (C=O) groups excluding carboxylic acids is 2. The molecule has 0 bridgehead atoms. The Kier molecular flexibility index (Phi) is 11.5. The molecule has 0 radical (unpaired) electrons. The summed E-state index contributed by atoms with van der Waals surface area (Å²) in [5.41, 5.74) is 0. The predicted octanol–water partition coefficient (Wildman–Crippen LogP) is 3.38. The van der Waals surface area contributed by atoms with Crippen LogP contribution in [0.4, 0.5) is 0 Å². The Hall–Kier alpha value is -1.19. The minimum Gasteiger partial charge on any atom is -0.270 e. The van der Waals surface area contributed by atoms with Gasteiger partial charge in [-0.3, -0.25) is 10.0 Å². The van der Waals surface area contributed by atoms with Gasteiger partial charge in [-0.25, -0.2) is 4.79 Å². The molecule has 18 heavy (non-hydrogen) atoms. The van der Waals surface area contributed by atoms with Gasteiger partial charge in [-0.05, 0) is 6.42 Å². The fraction of sp³-hybridized carbons (Fsp3) is 0.846. The highest BCUT2D eigenvalue weighted by molar-refractivity contribution is 5.74. The standard InChI is InChI=1S/C13H24N2O3/c1-2-3-4-5-6-7-8-9-10-11-13(17)15(18)14-12-16/h18H,2-11H2,1H3. The zero-order chi connectivity index (χ0) is 13.6. The molecule has 0 aromatic heterocycles. The van der Waals surface area contributed by atoms with Gasteiger partial charge in [0.2, 0.25) is 0 Å². The SMILES string of the molecule is CCCCCCCCCCCC(=O)N(O)N=C=O. The third-order valence-electron chi connectivity index (χ3n) is 2.85. The molecule has 0 heterocycles. The van der Waals surface area contributed by atoms with Crippen LogP contribution in [-0.4, -0.2) is 22.4 Å². The van der Waals surface area contributed by atoms with E-state index in [4.69, 9.17) is 5.21 Å². The summed E-state index contributed by atoms with van der Waals surface area (Å²) in [7, 11) is 0. The lowest BCUT2D eigenvalue weighted by atomic mass is 10.1.